The standard InChI is InChI=1S/C16H21F3N4/c17-16(18,19)11-3-1-8-23(9-11)14-6-5-13-15(21-14)20-12-4-2-7-22(13)10-12/h5-6,11-12H,1-4,7-10H2,(H,20,21)/t11-,12?/m0/s1. The fourth-order valence-electron chi connectivity index (χ4n) is 3.94. The zero-order valence-electron chi connectivity index (χ0n) is 12.9. The summed E-state index contributed by atoms with van der Waals surface area (Å²) in [4.78, 5) is 8.75. The number of pyridine rings is 1. The zero-order chi connectivity index (χ0) is 16.0. The summed E-state index contributed by atoms with van der Waals surface area (Å²) in [6.07, 6.45) is -1.04. The quantitative estimate of drug-likeness (QED) is 0.858. The van der Waals surface area contributed by atoms with Gasteiger partial charge in [0, 0.05) is 32.2 Å². The first kappa shape index (κ1) is 14.9. The summed E-state index contributed by atoms with van der Waals surface area (Å²) < 4.78 is 39.0. The maximum Gasteiger partial charge on any atom is 0.393 e. The van der Waals surface area contributed by atoms with Gasteiger partial charge in [-0.25, -0.2) is 4.98 Å². The van der Waals surface area contributed by atoms with Crippen molar-refractivity contribution in [3.8, 4) is 0 Å². The van der Waals surface area contributed by atoms with Crippen molar-refractivity contribution in [2.75, 3.05) is 41.3 Å². The van der Waals surface area contributed by atoms with Crippen LogP contribution in [0, 0.1) is 5.92 Å². The Kier molecular flexibility index (Phi) is 3.54. The van der Waals surface area contributed by atoms with Crippen LogP contribution in [0.15, 0.2) is 12.1 Å². The third-order valence-corrected chi connectivity index (χ3v) is 5.17. The van der Waals surface area contributed by atoms with E-state index in [1.165, 1.54) is 0 Å². The van der Waals surface area contributed by atoms with Crippen LogP contribution in [0.1, 0.15) is 25.7 Å². The molecule has 126 valence electrons. The van der Waals surface area contributed by atoms with Crippen LogP contribution in [-0.2, 0) is 0 Å². The molecule has 2 fully saturated rings. The summed E-state index contributed by atoms with van der Waals surface area (Å²) in [5.74, 6) is 0.240. The van der Waals surface area contributed by atoms with Crippen LogP contribution in [0.5, 0.6) is 0 Å². The van der Waals surface area contributed by atoms with Gasteiger partial charge in [-0.2, -0.15) is 13.2 Å². The summed E-state index contributed by atoms with van der Waals surface area (Å²) in [5.41, 5.74) is 1.08. The molecule has 4 rings (SSSR count). The second-order valence-corrected chi connectivity index (χ2v) is 6.79. The molecule has 1 aromatic rings. The highest BCUT2D eigenvalue weighted by molar-refractivity contribution is 5.71. The molecule has 0 aromatic carbocycles. The lowest BCUT2D eigenvalue weighted by molar-refractivity contribution is -0.176. The number of anilines is 3. The Morgan fingerprint density at radius 2 is 1.83 bits per heavy atom. The molecule has 3 aliphatic rings. The Morgan fingerprint density at radius 1 is 1.04 bits per heavy atom. The second-order valence-electron chi connectivity index (χ2n) is 6.79. The number of nitrogens with one attached hydrogen (secondary N) is 1. The van der Waals surface area contributed by atoms with E-state index in [9.17, 15) is 13.2 Å². The normalized spacial score (nSPS) is 27.4. The van der Waals surface area contributed by atoms with Crippen molar-refractivity contribution in [3.05, 3.63) is 12.1 Å². The first-order valence-corrected chi connectivity index (χ1v) is 8.35. The molecule has 0 amide bonds. The highest BCUT2D eigenvalue weighted by Gasteiger charge is 2.42. The summed E-state index contributed by atoms with van der Waals surface area (Å²) in [6.45, 7) is 2.69. The lowest BCUT2D eigenvalue weighted by Gasteiger charge is -2.41. The van der Waals surface area contributed by atoms with Gasteiger partial charge >= 0.3 is 6.18 Å². The van der Waals surface area contributed by atoms with Crippen LogP contribution in [0.25, 0.3) is 0 Å². The molecule has 4 nitrogen and oxygen atoms in total. The van der Waals surface area contributed by atoms with Gasteiger partial charge in [-0.15, -0.1) is 0 Å². The molecule has 0 radical (unpaired) electrons. The smallest absolute Gasteiger partial charge is 0.366 e. The molecule has 0 saturated carbocycles. The van der Waals surface area contributed by atoms with Crippen molar-refractivity contribution >= 4 is 17.3 Å². The van der Waals surface area contributed by atoms with E-state index in [-0.39, 0.29) is 13.0 Å². The van der Waals surface area contributed by atoms with Crippen LogP contribution in [0.3, 0.4) is 0 Å². The number of alkyl halides is 3. The topological polar surface area (TPSA) is 31.4 Å². The lowest BCUT2D eigenvalue weighted by Crippen LogP contribution is -2.46. The SMILES string of the molecule is FC(F)(F)[C@H]1CCCN(c2ccc3c(n2)NC2CCCN3C2)C1. The van der Waals surface area contributed by atoms with E-state index in [1.807, 2.05) is 12.1 Å². The lowest BCUT2D eigenvalue weighted by atomic mass is 9.97. The minimum atomic E-state index is -4.12. The number of halogens is 3. The molecular weight excluding hydrogens is 305 g/mol. The molecule has 2 bridgehead atoms. The van der Waals surface area contributed by atoms with E-state index in [4.69, 9.17) is 0 Å². The molecule has 1 N–H and O–H groups in total. The number of piperidine rings is 2. The number of aromatic nitrogens is 1. The van der Waals surface area contributed by atoms with Crippen LogP contribution in [0.4, 0.5) is 30.5 Å². The van der Waals surface area contributed by atoms with Crippen molar-refractivity contribution in [2.45, 2.75) is 37.9 Å². The highest BCUT2D eigenvalue weighted by Crippen LogP contribution is 2.37. The van der Waals surface area contributed by atoms with E-state index < -0.39 is 12.1 Å². The van der Waals surface area contributed by atoms with E-state index in [0.29, 0.717) is 24.8 Å². The predicted molar refractivity (Wildman–Crippen MR) is 84.1 cm³/mol. The van der Waals surface area contributed by atoms with Crippen LogP contribution in [0.2, 0.25) is 0 Å². The number of hydrogen-bond acceptors (Lipinski definition) is 4. The molecule has 2 saturated heterocycles. The maximum absolute atomic E-state index is 13.0. The fraction of sp³-hybridized carbons (Fsp3) is 0.688. The molecule has 4 heterocycles. The van der Waals surface area contributed by atoms with Gasteiger partial charge in [0.05, 0.1) is 11.6 Å². The van der Waals surface area contributed by atoms with E-state index in [2.05, 4.69) is 15.2 Å². The molecule has 1 aromatic heterocycles. The minimum Gasteiger partial charge on any atom is -0.366 e. The molecule has 0 aliphatic carbocycles. The summed E-state index contributed by atoms with van der Waals surface area (Å²) >= 11 is 0. The predicted octanol–water partition coefficient (Wildman–Crippen LogP) is 3.25. The van der Waals surface area contributed by atoms with E-state index in [0.717, 1.165) is 37.4 Å². The molecular formula is C16H21F3N4. The van der Waals surface area contributed by atoms with E-state index in [1.54, 1.807) is 4.90 Å². The molecule has 0 spiro atoms. The fourth-order valence-corrected chi connectivity index (χ4v) is 3.94. The zero-order valence-corrected chi connectivity index (χ0v) is 12.9. The Morgan fingerprint density at radius 3 is 2.65 bits per heavy atom. The molecule has 7 heteroatoms. The average Bonchev–Trinajstić information content (AvgIpc) is 2.54. The Bertz CT molecular complexity index is 589. The van der Waals surface area contributed by atoms with Crippen molar-refractivity contribution in [3.63, 3.8) is 0 Å². The van der Waals surface area contributed by atoms with Gasteiger partial charge in [-0.1, -0.05) is 0 Å². The third-order valence-electron chi connectivity index (χ3n) is 5.17. The Balaban J connectivity index is 1.57. The van der Waals surface area contributed by atoms with Crippen molar-refractivity contribution in [1.29, 1.82) is 0 Å². The number of fused-ring (bicyclic) bond motifs is 4. The summed E-state index contributed by atoms with van der Waals surface area (Å²) in [6, 6.07) is 4.28. The van der Waals surface area contributed by atoms with Crippen LogP contribution in [-0.4, -0.2) is 43.4 Å². The number of rotatable bonds is 1. The van der Waals surface area contributed by atoms with Gasteiger partial charge in [0.1, 0.15) is 5.82 Å². The Hall–Kier alpha value is -1.66. The highest BCUT2D eigenvalue weighted by atomic mass is 19.4. The summed E-state index contributed by atoms with van der Waals surface area (Å²) in [5, 5.41) is 3.45. The van der Waals surface area contributed by atoms with Gasteiger partial charge in [0.25, 0.3) is 0 Å². The summed E-state index contributed by atoms with van der Waals surface area (Å²) in [7, 11) is 0. The average molecular weight is 326 g/mol. The van der Waals surface area contributed by atoms with Crippen LogP contribution >= 0.6 is 0 Å². The molecule has 1 unspecified atom stereocenters. The van der Waals surface area contributed by atoms with Crippen molar-refractivity contribution < 1.29 is 13.2 Å². The number of nitrogens with zero attached hydrogens (tertiary/aromatic N) is 3. The number of hydrogen-bond donors (Lipinski definition) is 1. The van der Waals surface area contributed by atoms with Gasteiger partial charge in [0.15, 0.2) is 5.82 Å². The molecule has 2 atom stereocenters. The largest absolute Gasteiger partial charge is 0.393 e. The Labute approximate surface area is 133 Å². The van der Waals surface area contributed by atoms with Crippen LogP contribution < -0.4 is 15.1 Å². The third kappa shape index (κ3) is 2.81. The van der Waals surface area contributed by atoms with Gasteiger partial charge in [-0.3, -0.25) is 0 Å². The van der Waals surface area contributed by atoms with Crippen molar-refractivity contribution in [1.82, 2.24) is 4.98 Å². The first-order valence-electron chi connectivity index (χ1n) is 8.35. The second kappa shape index (κ2) is 5.46. The van der Waals surface area contributed by atoms with Crippen molar-refractivity contribution in [2.24, 2.45) is 5.92 Å². The van der Waals surface area contributed by atoms with Gasteiger partial charge in [-0.05, 0) is 37.8 Å². The van der Waals surface area contributed by atoms with Gasteiger partial charge in [0.2, 0.25) is 0 Å². The monoisotopic (exact) mass is 326 g/mol. The van der Waals surface area contributed by atoms with Gasteiger partial charge < -0.3 is 15.1 Å². The maximum atomic E-state index is 13.0. The minimum absolute atomic E-state index is 0.0163. The molecule has 23 heavy (non-hydrogen) atoms. The first-order chi connectivity index (χ1) is 11.0. The molecule has 3 aliphatic heterocycles. The van der Waals surface area contributed by atoms with E-state index >= 15 is 0 Å².